The highest BCUT2D eigenvalue weighted by Crippen LogP contribution is 2.46. The number of nitrogens with zero attached hydrogens (tertiary/aromatic N) is 2. The van der Waals surface area contributed by atoms with Gasteiger partial charge in [-0.2, -0.15) is 0 Å². The molecule has 0 fully saturated rings. The maximum absolute atomic E-state index is 4.63. The molecule has 1 aliphatic rings. The molecule has 0 atom stereocenters. The van der Waals surface area contributed by atoms with Crippen LogP contribution in [0.2, 0.25) is 0 Å². The van der Waals surface area contributed by atoms with Crippen LogP contribution in [0.15, 0.2) is 207 Å². The molecule has 2 heteroatoms. The fourth-order valence-electron chi connectivity index (χ4n) is 8.28. The van der Waals surface area contributed by atoms with Crippen LogP contribution in [-0.4, -0.2) is 9.97 Å². The topological polar surface area (TPSA) is 25.8 Å². The largest absolute Gasteiger partial charge is 0.256 e. The third-order valence-electron chi connectivity index (χ3n) is 11.1. The third-order valence-corrected chi connectivity index (χ3v) is 11.1. The molecule has 1 aliphatic carbocycles. The van der Waals surface area contributed by atoms with Gasteiger partial charge in [0.15, 0.2) is 0 Å². The standard InChI is InChI=1S/C54H38N2/c1-3-13-37(14-4-1)44-33-45(38-15-5-2-6-16-38)35-46(34-44)43-29-30-49-50(36-43)54(42-27-23-40(24-28-42)52-20-10-12-32-56-52)48-18-8-7-17-47(48)53(49)41-25-21-39(22-26-41)51-19-9-11-31-55-51/h1-5,7-15,17-36H,6,16H2. The molecule has 0 bridgehead atoms. The molecule has 0 saturated heterocycles. The van der Waals surface area contributed by atoms with Crippen molar-refractivity contribution in [1.29, 1.82) is 0 Å². The highest BCUT2D eigenvalue weighted by molar-refractivity contribution is 6.22. The Morgan fingerprint density at radius 1 is 0.339 bits per heavy atom. The van der Waals surface area contributed by atoms with Gasteiger partial charge < -0.3 is 0 Å². The van der Waals surface area contributed by atoms with Gasteiger partial charge in [-0.05, 0) is 139 Å². The van der Waals surface area contributed by atoms with Crippen molar-refractivity contribution >= 4 is 27.1 Å². The minimum Gasteiger partial charge on any atom is -0.256 e. The second-order valence-electron chi connectivity index (χ2n) is 14.5. The van der Waals surface area contributed by atoms with Crippen LogP contribution < -0.4 is 0 Å². The van der Waals surface area contributed by atoms with E-state index in [1.165, 1.54) is 77.2 Å². The van der Waals surface area contributed by atoms with Crippen LogP contribution in [0.1, 0.15) is 18.4 Å². The van der Waals surface area contributed by atoms with Crippen LogP contribution in [0, 0.1) is 0 Å². The van der Waals surface area contributed by atoms with E-state index in [-0.39, 0.29) is 0 Å². The number of aromatic nitrogens is 2. The molecule has 0 unspecified atom stereocenters. The summed E-state index contributed by atoms with van der Waals surface area (Å²) in [6, 6.07) is 63.8. The van der Waals surface area contributed by atoms with Crippen LogP contribution in [0.4, 0.5) is 0 Å². The van der Waals surface area contributed by atoms with E-state index in [9.17, 15) is 0 Å². The number of allylic oxidation sites excluding steroid dienone is 4. The number of hydrogen-bond donors (Lipinski definition) is 0. The zero-order valence-electron chi connectivity index (χ0n) is 30.9. The van der Waals surface area contributed by atoms with Gasteiger partial charge >= 0.3 is 0 Å². The van der Waals surface area contributed by atoms with E-state index >= 15 is 0 Å². The first-order valence-corrected chi connectivity index (χ1v) is 19.4. The van der Waals surface area contributed by atoms with Gasteiger partial charge in [0.2, 0.25) is 0 Å². The number of rotatable bonds is 7. The van der Waals surface area contributed by atoms with Gasteiger partial charge in [0, 0.05) is 23.5 Å². The van der Waals surface area contributed by atoms with E-state index in [0.29, 0.717) is 0 Å². The zero-order valence-corrected chi connectivity index (χ0v) is 30.9. The molecule has 56 heavy (non-hydrogen) atoms. The van der Waals surface area contributed by atoms with Crippen molar-refractivity contribution in [2.45, 2.75) is 12.8 Å². The average Bonchev–Trinajstić information content (AvgIpc) is 3.29. The van der Waals surface area contributed by atoms with Crippen molar-refractivity contribution in [2.24, 2.45) is 0 Å². The summed E-state index contributed by atoms with van der Waals surface area (Å²) in [6.45, 7) is 0. The van der Waals surface area contributed by atoms with E-state index in [0.717, 1.165) is 35.4 Å². The summed E-state index contributed by atoms with van der Waals surface area (Å²) in [7, 11) is 0. The van der Waals surface area contributed by atoms with Crippen molar-refractivity contribution in [1.82, 2.24) is 9.97 Å². The van der Waals surface area contributed by atoms with Gasteiger partial charge in [-0.3, -0.25) is 9.97 Å². The molecule has 0 saturated carbocycles. The molecule has 7 aromatic carbocycles. The fraction of sp³-hybridized carbons (Fsp3) is 0.0370. The summed E-state index contributed by atoms with van der Waals surface area (Å²) in [4.78, 5) is 9.24. The summed E-state index contributed by atoms with van der Waals surface area (Å²) in [5, 5.41) is 4.90. The third kappa shape index (κ3) is 6.32. The lowest BCUT2D eigenvalue weighted by Gasteiger charge is -2.20. The minimum atomic E-state index is 0.971. The SMILES string of the molecule is C1=CCCC(c2cc(-c3ccccc3)cc(-c3ccc4c(-c5ccc(-c6ccccn6)cc5)c5ccccc5c(-c5ccc(-c6ccccn6)cc5)c4c3)c2)=C1. The van der Waals surface area contributed by atoms with Crippen molar-refractivity contribution in [2.75, 3.05) is 0 Å². The van der Waals surface area contributed by atoms with Gasteiger partial charge in [-0.25, -0.2) is 0 Å². The number of pyridine rings is 2. The number of fused-ring (bicyclic) bond motifs is 2. The summed E-state index contributed by atoms with van der Waals surface area (Å²) >= 11 is 0. The van der Waals surface area contributed by atoms with Gasteiger partial charge in [-0.1, -0.05) is 146 Å². The molecule has 0 N–H and O–H groups in total. The second kappa shape index (κ2) is 14.6. The highest BCUT2D eigenvalue weighted by atomic mass is 14.7. The van der Waals surface area contributed by atoms with Gasteiger partial charge in [0.1, 0.15) is 0 Å². The number of benzene rings is 7. The Balaban J connectivity index is 1.21. The first-order chi connectivity index (χ1) is 27.8. The van der Waals surface area contributed by atoms with Crippen molar-refractivity contribution < 1.29 is 0 Å². The van der Waals surface area contributed by atoms with Crippen LogP contribution in [0.5, 0.6) is 0 Å². The van der Waals surface area contributed by atoms with Crippen molar-refractivity contribution in [3.05, 3.63) is 212 Å². The van der Waals surface area contributed by atoms with E-state index < -0.39 is 0 Å². The Bertz CT molecular complexity index is 2910. The Morgan fingerprint density at radius 2 is 0.839 bits per heavy atom. The quantitative estimate of drug-likeness (QED) is 0.154. The lowest BCUT2D eigenvalue weighted by atomic mass is 9.84. The lowest BCUT2D eigenvalue weighted by molar-refractivity contribution is 1.05. The molecule has 2 heterocycles. The molecule has 2 aromatic heterocycles. The molecule has 0 radical (unpaired) electrons. The second-order valence-corrected chi connectivity index (χ2v) is 14.5. The van der Waals surface area contributed by atoms with Gasteiger partial charge in [0.05, 0.1) is 11.4 Å². The highest BCUT2D eigenvalue weighted by Gasteiger charge is 2.19. The smallest absolute Gasteiger partial charge is 0.0701 e. The first-order valence-electron chi connectivity index (χ1n) is 19.4. The maximum atomic E-state index is 4.63. The molecule has 0 amide bonds. The summed E-state index contributed by atoms with van der Waals surface area (Å²) in [6.07, 6.45) is 12.5. The fourth-order valence-corrected chi connectivity index (χ4v) is 8.28. The van der Waals surface area contributed by atoms with Crippen LogP contribution in [-0.2, 0) is 0 Å². The predicted octanol–water partition coefficient (Wildman–Crippen LogP) is 14.5. The summed E-state index contributed by atoms with van der Waals surface area (Å²) in [5.74, 6) is 0. The molecular weight excluding hydrogens is 677 g/mol. The zero-order chi connectivity index (χ0) is 37.3. The summed E-state index contributed by atoms with van der Waals surface area (Å²) < 4.78 is 0. The molecule has 10 rings (SSSR count). The Labute approximate surface area is 327 Å². The molecule has 264 valence electrons. The molecule has 0 aliphatic heterocycles. The Hall–Kier alpha value is -7.16. The van der Waals surface area contributed by atoms with Crippen LogP contribution in [0.25, 0.3) is 94.1 Å². The Kier molecular flexibility index (Phi) is 8.70. The van der Waals surface area contributed by atoms with Gasteiger partial charge in [0.25, 0.3) is 0 Å². The van der Waals surface area contributed by atoms with Crippen molar-refractivity contribution in [3.63, 3.8) is 0 Å². The first kappa shape index (κ1) is 33.4. The Morgan fingerprint density at radius 3 is 1.41 bits per heavy atom. The molecule has 0 spiro atoms. The molecule has 2 nitrogen and oxygen atoms in total. The minimum absolute atomic E-state index is 0.971. The normalized spacial score (nSPS) is 12.5. The number of hydrogen-bond acceptors (Lipinski definition) is 2. The average molecular weight is 715 g/mol. The predicted molar refractivity (Wildman–Crippen MR) is 236 cm³/mol. The molecular formula is C54H38N2. The van der Waals surface area contributed by atoms with E-state index in [1.807, 2.05) is 36.7 Å². The van der Waals surface area contributed by atoms with Crippen LogP contribution in [0.3, 0.4) is 0 Å². The monoisotopic (exact) mass is 714 g/mol. The van der Waals surface area contributed by atoms with Crippen molar-refractivity contribution in [3.8, 4) is 67.0 Å². The van der Waals surface area contributed by atoms with E-state index in [2.05, 4.69) is 180 Å². The van der Waals surface area contributed by atoms with E-state index in [1.54, 1.807) is 0 Å². The lowest BCUT2D eigenvalue weighted by Crippen LogP contribution is -1.94. The summed E-state index contributed by atoms with van der Waals surface area (Å²) in [5.41, 5.74) is 16.5. The maximum Gasteiger partial charge on any atom is 0.0701 e. The molecule has 9 aromatic rings. The van der Waals surface area contributed by atoms with Gasteiger partial charge in [-0.15, -0.1) is 0 Å². The van der Waals surface area contributed by atoms with E-state index in [4.69, 9.17) is 0 Å². The van der Waals surface area contributed by atoms with Crippen LogP contribution >= 0.6 is 0 Å².